The first-order valence-corrected chi connectivity index (χ1v) is 11.0. The molecule has 2 aromatic carbocycles. The molecule has 0 spiro atoms. The van der Waals surface area contributed by atoms with Crippen molar-refractivity contribution in [2.75, 3.05) is 32.1 Å². The van der Waals surface area contributed by atoms with Crippen molar-refractivity contribution in [3.05, 3.63) is 59.0 Å². The molecular weight excluding hydrogens is 404 g/mol. The molecule has 0 radical (unpaired) electrons. The topological polar surface area (TPSA) is 80.5 Å². The largest absolute Gasteiger partial charge is 0.497 e. The molecule has 1 aliphatic rings. The summed E-state index contributed by atoms with van der Waals surface area (Å²) in [6.07, 6.45) is 1.78. The van der Waals surface area contributed by atoms with E-state index in [2.05, 4.69) is 39.4 Å². The van der Waals surface area contributed by atoms with Crippen LogP contribution in [0.3, 0.4) is 0 Å². The van der Waals surface area contributed by atoms with Crippen LogP contribution >= 0.6 is 0 Å². The molecule has 4 rings (SSSR count). The molecule has 1 fully saturated rings. The van der Waals surface area contributed by atoms with Gasteiger partial charge in [0.15, 0.2) is 0 Å². The maximum absolute atomic E-state index is 12.6. The first-order valence-electron chi connectivity index (χ1n) is 11.0. The van der Waals surface area contributed by atoms with Crippen molar-refractivity contribution in [2.24, 2.45) is 0 Å². The first kappa shape index (κ1) is 22.0. The minimum absolute atomic E-state index is 0.0260. The van der Waals surface area contributed by atoms with Crippen molar-refractivity contribution in [3.8, 4) is 17.1 Å². The summed E-state index contributed by atoms with van der Waals surface area (Å²) >= 11 is 0. The number of carbonyl (C=O) groups is 1. The van der Waals surface area contributed by atoms with Crippen molar-refractivity contribution in [1.82, 2.24) is 15.0 Å². The van der Waals surface area contributed by atoms with Gasteiger partial charge in [-0.2, -0.15) is 4.98 Å². The number of nitrogens with one attached hydrogen (secondary N) is 1. The van der Waals surface area contributed by atoms with Crippen molar-refractivity contribution in [2.45, 2.75) is 39.5 Å². The molecule has 7 nitrogen and oxygen atoms in total. The minimum atomic E-state index is 0.0260. The predicted octanol–water partition coefficient (Wildman–Crippen LogP) is 4.49. The van der Waals surface area contributed by atoms with Crippen LogP contribution in [0.4, 0.5) is 5.69 Å². The lowest BCUT2D eigenvalue weighted by atomic mass is 9.96. The number of rotatable bonds is 6. The van der Waals surface area contributed by atoms with Gasteiger partial charge in [-0.15, -0.1) is 0 Å². The summed E-state index contributed by atoms with van der Waals surface area (Å²) < 4.78 is 10.8. The fourth-order valence-electron chi connectivity index (χ4n) is 4.36. The maximum Gasteiger partial charge on any atom is 0.238 e. The van der Waals surface area contributed by atoms with Crippen LogP contribution in [0, 0.1) is 20.8 Å². The highest BCUT2D eigenvalue weighted by Crippen LogP contribution is 2.29. The van der Waals surface area contributed by atoms with Crippen LogP contribution in [0.1, 0.15) is 41.3 Å². The molecule has 1 aliphatic heterocycles. The highest BCUT2D eigenvalue weighted by atomic mass is 16.5. The third-order valence-electron chi connectivity index (χ3n) is 6.04. The number of nitrogens with zero attached hydrogens (tertiary/aromatic N) is 3. The van der Waals surface area contributed by atoms with Crippen LogP contribution in [-0.4, -0.2) is 47.7 Å². The number of methoxy groups -OCH3 is 1. The molecular formula is C25H30N4O3. The Balaban J connectivity index is 1.31. The summed E-state index contributed by atoms with van der Waals surface area (Å²) in [5.74, 6) is 2.30. The lowest BCUT2D eigenvalue weighted by Gasteiger charge is -2.29. The zero-order chi connectivity index (χ0) is 22.7. The van der Waals surface area contributed by atoms with Gasteiger partial charge in [-0.05, 0) is 82.1 Å². The SMILES string of the molecule is COc1ccc(-c2noc(C3CCN(CC(=O)Nc4c(C)cc(C)cc4C)CC3)n2)cc1. The van der Waals surface area contributed by atoms with Gasteiger partial charge in [0.1, 0.15) is 5.75 Å². The molecule has 2 heterocycles. The zero-order valence-electron chi connectivity index (χ0n) is 19.1. The van der Waals surface area contributed by atoms with E-state index in [0.717, 1.165) is 54.1 Å². The van der Waals surface area contributed by atoms with Crippen molar-refractivity contribution < 1.29 is 14.1 Å². The zero-order valence-corrected chi connectivity index (χ0v) is 19.1. The molecule has 168 valence electrons. The lowest BCUT2D eigenvalue weighted by Crippen LogP contribution is -2.39. The number of aryl methyl sites for hydroxylation is 3. The van der Waals surface area contributed by atoms with E-state index in [1.165, 1.54) is 5.56 Å². The Labute approximate surface area is 188 Å². The summed E-state index contributed by atoms with van der Waals surface area (Å²) in [6.45, 7) is 8.17. The number of ether oxygens (including phenoxy) is 1. The number of amides is 1. The summed E-state index contributed by atoms with van der Waals surface area (Å²) in [6, 6.07) is 11.8. The van der Waals surface area contributed by atoms with Crippen LogP contribution in [-0.2, 0) is 4.79 Å². The summed E-state index contributed by atoms with van der Waals surface area (Å²) in [7, 11) is 1.64. The molecule has 1 saturated heterocycles. The number of likely N-dealkylation sites (tertiary alicyclic amines) is 1. The second-order valence-corrected chi connectivity index (χ2v) is 8.56. The molecule has 0 bridgehead atoms. The highest BCUT2D eigenvalue weighted by molar-refractivity contribution is 5.93. The molecule has 1 aromatic heterocycles. The molecule has 1 amide bonds. The third kappa shape index (κ3) is 4.99. The van der Waals surface area contributed by atoms with E-state index < -0.39 is 0 Å². The van der Waals surface area contributed by atoms with Gasteiger partial charge < -0.3 is 14.6 Å². The van der Waals surface area contributed by atoms with E-state index in [1.54, 1.807) is 7.11 Å². The Morgan fingerprint density at radius 1 is 1.12 bits per heavy atom. The lowest BCUT2D eigenvalue weighted by molar-refractivity contribution is -0.117. The molecule has 3 aromatic rings. The standard InChI is InChI=1S/C25H30N4O3/c1-16-13-17(2)23(18(3)14-16)26-22(30)15-29-11-9-20(10-12-29)25-27-24(28-32-25)19-5-7-21(31-4)8-6-19/h5-8,13-14,20H,9-12,15H2,1-4H3,(H,26,30). The Morgan fingerprint density at radius 2 is 1.78 bits per heavy atom. The van der Waals surface area contributed by atoms with Crippen LogP contribution in [0.15, 0.2) is 40.9 Å². The smallest absolute Gasteiger partial charge is 0.238 e. The Kier molecular flexibility index (Phi) is 6.55. The van der Waals surface area contributed by atoms with Crippen molar-refractivity contribution >= 4 is 11.6 Å². The third-order valence-corrected chi connectivity index (χ3v) is 6.04. The van der Waals surface area contributed by atoms with E-state index in [0.29, 0.717) is 18.3 Å². The number of hydrogen-bond acceptors (Lipinski definition) is 6. The van der Waals surface area contributed by atoms with E-state index in [1.807, 2.05) is 38.1 Å². The molecule has 0 aliphatic carbocycles. The fraction of sp³-hybridized carbons (Fsp3) is 0.400. The van der Waals surface area contributed by atoms with Gasteiger partial charge in [0.2, 0.25) is 17.6 Å². The van der Waals surface area contributed by atoms with Gasteiger partial charge in [0.25, 0.3) is 0 Å². The fourth-order valence-corrected chi connectivity index (χ4v) is 4.36. The van der Waals surface area contributed by atoms with Crippen LogP contribution < -0.4 is 10.1 Å². The van der Waals surface area contributed by atoms with Gasteiger partial charge in [-0.25, -0.2) is 0 Å². The first-order chi connectivity index (χ1) is 15.4. The van der Waals surface area contributed by atoms with Gasteiger partial charge in [-0.3, -0.25) is 9.69 Å². The molecule has 0 unspecified atom stereocenters. The molecule has 32 heavy (non-hydrogen) atoms. The average molecular weight is 435 g/mol. The Bertz CT molecular complexity index is 1060. The summed E-state index contributed by atoms with van der Waals surface area (Å²) in [5.41, 5.74) is 5.22. The number of benzene rings is 2. The monoisotopic (exact) mass is 434 g/mol. The number of piperidine rings is 1. The highest BCUT2D eigenvalue weighted by Gasteiger charge is 2.26. The maximum atomic E-state index is 12.6. The van der Waals surface area contributed by atoms with Gasteiger partial charge in [0, 0.05) is 17.2 Å². The quantitative estimate of drug-likeness (QED) is 0.616. The van der Waals surface area contributed by atoms with Gasteiger partial charge in [0.05, 0.1) is 13.7 Å². The number of aromatic nitrogens is 2. The normalized spacial score (nSPS) is 15.0. The molecule has 1 N–H and O–H groups in total. The number of hydrogen-bond donors (Lipinski definition) is 1. The van der Waals surface area contributed by atoms with Crippen molar-refractivity contribution in [3.63, 3.8) is 0 Å². The second-order valence-electron chi connectivity index (χ2n) is 8.56. The summed E-state index contributed by atoms with van der Waals surface area (Å²) in [5, 5.41) is 7.24. The number of anilines is 1. The Hall–Kier alpha value is -3.19. The predicted molar refractivity (Wildman–Crippen MR) is 124 cm³/mol. The van der Waals surface area contributed by atoms with Crippen LogP contribution in [0.25, 0.3) is 11.4 Å². The van der Waals surface area contributed by atoms with E-state index in [-0.39, 0.29) is 11.8 Å². The van der Waals surface area contributed by atoms with Gasteiger partial charge >= 0.3 is 0 Å². The van der Waals surface area contributed by atoms with Crippen LogP contribution in [0.5, 0.6) is 5.75 Å². The van der Waals surface area contributed by atoms with Gasteiger partial charge in [-0.1, -0.05) is 22.9 Å². The number of carbonyl (C=O) groups excluding carboxylic acids is 1. The average Bonchev–Trinajstić information content (AvgIpc) is 3.27. The summed E-state index contributed by atoms with van der Waals surface area (Å²) in [4.78, 5) is 19.4. The van der Waals surface area contributed by atoms with E-state index in [4.69, 9.17) is 9.26 Å². The minimum Gasteiger partial charge on any atom is -0.497 e. The van der Waals surface area contributed by atoms with E-state index >= 15 is 0 Å². The van der Waals surface area contributed by atoms with Crippen LogP contribution in [0.2, 0.25) is 0 Å². The second kappa shape index (κ2) is 9.53. The Morgan fingerprint density at radius 3 is 2.41 bits per heavy atom. The molecule has 7 heteroatoms. The molecule has 0 saturated carbocycles. The van der Waals surface area contributed by atoms with Crippen molar-refractivity contribution in [1.29, 1.82) is 0 Å². The molecule has 0 atom stereocenters. The van der Waals surface area contributed by atoms with E-state index in [9.17, 15) is 4.79 Å².